The zero-order chi connectivity index (χ0) is 24.5. The van der Waals surface area contributed by atoms with E-state index >= 15 is 0 Å². The lowest BCUT2D eigenvalue weighted by atomic mass is 10.1. The van der Waals surface area contributed by atoms with Crippen LogP contribution in [0.25, 0.3) is 17.0 Å². The predicted octanol–water partition coefficient (Wildman–Crippen LogP) is 7.69. The maximum atomic E-state index is 13.3. The van der Waals surface area contributed by atoms with Gasteiger partial charge in [0.05, 0.1) is 10.6 Å². The van der Waals surface area contributed by atoms with E-state index in [0.717, 1.165) is 49.5 Å². The molecule has 35 heavy (non-hydrogen) atoms. The Labute approximate surface area is 218 Å². The molecule has 2 heterocycles. The molecule has 6 heteroatoms. The zero-order valence-corrected chi connectivity index (χ0v) is 22.4. The molecule has 4 nitrogen and oxygen atoms in total. The molecule has 1 aliphatic heterocycles. The number of hydrogen-bond donors (Lipinski definition) is 0. The largest absolute Gasteiger partial charge is 0.342 e. The van der Waals surface area contributed by atoms with E-state index in [2.05, 4.69) is 94.3 Å². The molecule has 0 unspecified atom stereocenters. The van der Waals surface area contributed by atoms with Crippen molar-refractivity contribution in [2.75, 3.05) is 6.54 Å². The van der Waals surface area contributed by atoms with Gasteiger partial charge in [-0.15, -0.1) is 0 Å². The molecule has 4 aromatic rings. The van der Waals surface area contributed by atoms with Gasteiger partial charge in [-0.05, 0) is 79.6 Å². The molecule has 0 spiro atoms. The Morgan fingerprint density at radius 1 is 1.03 bits per heavy atom. The first-order valence-electron chi connectivity index (χ1n) is 11.6. The summed E-state index contributed by atoms with van der Waals surface area (Å²) in [4.78, 5) is 20.6. The summed E-state index contributed by atoms with van der Waals surface area (Å²) in [6.07, 6.45) is 4.16. The van der Waals surface area contributed by atoms with Crippen LogP contribution < -0.4 is 0 Å². The van der Waals surface area contributed by atoms with E-state index in [0.29, 0.717) is 11.4 Å². The summed E-state index contributed by atoms with van der Waals surface area (Å²) in [7, 11) is 0. The lowest BCUT2D eigenvalue weighted by molar-refractivity contribution is -0.122. The van der Waals surface area contributed by atoms with Gasteiger partial charge in [-0.2, -0.15) is 0 Å². The number of hydrogen-bond acceptors (Lipinski definition) is 3. The number of thioether (sulfide) groups is 1. The van der Waals surface area contributed by atoms with Gasteiger partial charge in [0, 0.05) is 40.2 Å². The van der Waals surface area contributed by atoms with Crippen LogP contribution in [0.3, 0.4) is 0 Å². The van der Waals surface area contributed by atoms with Crippen molar-refractivity contribution in [3.63, 3.8) is 0 Å². The maximum absolute atomic E-state index is 13.3. The first-order chi connectivity index (χ1) is 16.9. The molecule has 0 radical (unpaired) electrons. The Bertz CT molecular complexity index is 1480. The van der Waals surface area contributed by atoms with Gasteiger partial charge in [0.15, 0.2) is 5.17 Å². The van der Waals surface area contributed by atoms with Gasteiger partial charge in [0.2, 0.25) is 0 Å². The van der Waals surface area contributed by atoms with Crippen molar-refractivity contribution in [3.05, 3.63) is 105 Å². The van der Waals surface area contributed by atoms with Crippen LogP contribution in [-0.2, 0) is 11.3 Å². The van der Waals surface area contributed by atoms with Crippen LogP contribution in [-0.4, -0.2) is 27.1 Å². The van der Waals surface area contributed by atoms with Crippen molar-refractivity contribution in [2.45, 2.75) is 27.3 Å². The number of fused-ring (bicyclic) bond motifs is 1. The van der Waals surface area contributed by atoms with Crippen molar-refractivity contribution >= 4 is 61.4 Å². The topological polar surface area (TPSA) is 37.6 Å². The van der Waals surface area contributed by atoms with E-state index in [1.54, 1.807) is 4.90 Å². The average molecular weight is 545 g/mol. The van der Waals surface area contributed by atoms with Gasteiger partial charge in [0.1, 0.15) is 0 Å². The standard InChI is InChI=1S/C29H26BrN3OS/c1-4-33-28(34)27(35-29(33)31-25-15-19(2)9-10-20(25)3)16-22-18-32(26-8-6-5-7-24(22)26)17-21-11-13-23(30)14-12-21/h5-16,18H,4,17H2,1-3H3/b27-16+,31-29?. The van der Waals surface area contributed by atoms with Gasteiger partial charge >= 0.3 is 0 Å². The molecule has 1 amide bonds. The monoisotopic (exact) mass is 543 g/mol. The minimum absolute atomic E-state index is 0.00583. The fraction of sp³-hybridized carbons (Fsp3) is 0.172. The van der Waals surface area contributed by atoms with Gasteiger partial charge in [-0.25, -0.2) is 4.99 Å². The number of benzene rings is 3. The lowest BCUT2D eigenvalue weighted by Crippen LogP contribution is -2.28. The fourth-order valence-electron chi connectivity index (χ4n) is 4.26. The summed E-state index contributed by atoms with van der Waals surface area (Å²) < 4.78 is 3.32. The third-order valence-electron chi connectivity index (χ3n) is 6.16. The molecule has 1 aliphatic rings. The highest BCUT2D eigenvalue weighted by molar-refractivity contribution is 9.10. The van der Waals surface area contributed by atoms with Crippen LogP contribution in [0.4, 0.5) is 5.69 Å². The second-order valence-corrected chi connectivity index (χ2v) is 10.6. The zero-order valence-electron chi connectivity index (χ0n) is 20.0. The highest BCUT2D eigenvalue weighted by atomic mass is 79.9. The van der Waals surface area contributed by atoms with Crippen LogP contribution in [0, 0.1) is 13.8 Å². The van der Waals surface area contributed by atoms with Gasteiger partial charge in [-0.3, -0.25) is 9.69 Å². The third kappa shape index (κ3) is 4.86. The van der Waals surface area contributed by atoms with E-state index in [4.69, 9.17) is 4.99 Å². The molecule has 0 atom stereocenters. The van der Waals surface area contributed by atoms with Crippen molar-refractivity contribution < 1.29 is 4.79 Å². The molecule has 0 aliphatic carbocycles. The van der Waals surface area contributed by atoms with Gasteiger partial charge in [0.25, 0.3) is 5.91 Å². The van der Waals surface area contributed by atoms with E-state index in [1.807, 2.05) is 26.0 Å². The number of likely N-dealkylation sites (N-methyl/N-ethyl adjacent to an activating group) is 1. The number of rotatable bonds is 5. The van der Waals surface area contributed by atoms with Crippen molar-refractivity contribution in [1.82, 2.24) is 9.47 Å². The molecule has 5 rings (SSSR count). The summed E-state index contributed by atoms with van der Waals surface area (Å²) in [6, 6.07) is 23.0. The molecular formula is C29H26BrN3OS. The summed E-state index contributed by atoms with van der Waals surface area (Å²) in [5.41, 5.74) is 6.57. The normalized spacial score (nSPS) is 16.2. The molecule has 1 fully saturated rings. The highest BCUT2D eigenvalue weighted by Crippen LogP contribution is 2.36. The molecule has 1 saturated heterocycles. The minimum atomic E-state index is 0.00583. The Balaban J connectivity index is 1.52. The minimum Gasteiger partial charge on any atom is -0.342 e. The highest BCUT2D eigenvalue weighted by Gasteiger charge is 2.32. The molecule has 0 N–H and O–H groups in total. The molecule has 176 valence electrons. The SMILES string of the molecule is CCN1C(=O)/C(=C\c2cn(Cc3ccc(Br)cc3)c3ccccc23)SC1=Nc1cc(C)ccc1C. The Hall–Kier alpha value is -3.09. The van der Waals surface area contributed by atoms with E-state index in [1.165, 1.54) is 17.3 Å². The number of carbonyl (C=O) groups excluding carboxylic acids is 1. The summed E-state index contributed by atoms with van der Waals surface area (Å²) >= 11 is 4.96. The van der Waals surface area contributed by atoms with Crippen LogP contribution in [0.2, 0.25) is 0 Å². The molecule has 1 aromatic heterocycles. The van der Waals surface area contributed by atoms with E-state index in [-0.39, 0.29) is 5.91 Å². The number of amidine groups is 1. The quantitative estimate of drug-likeness (QED) is 0.242. The first-order valence-corrected chi connectivity index (χ1v) is 13.2. The van der Waals surface area contributed by atoms with Crippen LogP contribution in [0.5, 0.6) is 0 Å². The number of carbonyl (C=O) groups is 1. The second-order valence-electron chi connectivity index (χ2n) is 8.70. The van der Waals surface area contributed by atoms with Crippen molar-refractivity contribution in [2.24, 2.45) is 4.99 Å². The first kappa shape index (κ1) is 23.6. The lowest BCUT2D eigenvalue weighted by Gasteiger charge is -2.12. The number of halogens is 1. The summed E-state index contributed by atoms with van der Waals surface area (Å²) in [5.74, 6) is 0.00583. The molecule has 0 saturated carbocycles. The molecule has 0 bridgehead atoms. The Kier molecular flexibility index (Phi) is 6.67. The summed E-state index contributed by atoms with van der Waals surface area (Å²) in [6.45, 7) is 7.44. The Morgan fingerprint density at radius 2 is 1.80 bits per heavy atom. The van der Waals surface area contributed by atoms with Crippen LogP contribution in [0.15, 0.2) is 87.3 Å². The summed E-state index contributed by atoms with van der Waals surface area (Å²) in [5, 5.41) is 1.87. The van der Waals surface area contributed by atoms with Crippen molar-refractivity contribution in [3.8, 4) is 0 Å². The second kappa shape index (κ2) is 9.88. The molecule has 3 aromatic carbocycles. The van der Waals surface area contributed by atoms with Gasteiger partial charge in [-0.1, -0.05) is 58.4 Å². The fourth-order valence-corrected chi connectivity index (χ4v) is 5.57. The van der Waals surface area contributed by atoms with E-state index in [9.17, 15) is 4.79 Å². The predicted molar refractivity (Wildman–Crippen MR) is 151 cm³/mol. The number of aromatic nitrogens is 1. The number of amides is 1. The van der Waals surface area contributed by atoms with Crippen LogP contribution in [0.1, 0.15) is 29.2 Å². The third-order valence-corrected chi connectivity index (χ3v) is 7.69. The number of nitrogens with zero attached hydrogens (tertiary/aromatic N) is 3. The average Bonchev–Trinajstić information content (AvgIpc) is 3.34. The van der Waals surface area contributed by atoms with Gasteiger partial charge < -0.3 is 4.57 Å². The van der Waals surface area contributed by atoms with Crippen LogP contribution >= 0.6 is 27.7 Å². The van der Waals surface area contributed by atoms with E-state index < -0.39 is 0 Å². The number of aliphatic imine (C=N–C) groups is 1. The van der Waals surface area contributed by atoms with Crippen molar-refractivity contribution in [1.29, 1.82) is 0 Å². The number of para-hydroxylation sites is 1. The smallest absolute Gasteiger partial charge is 0.266 e. The Morgan fingerprint density at radius 3 is 2.57 bits per heavy atom. The molecular weight excluding hydrogens is 518 g/mol. The number of aryl methyl sites for hydroxylation is 2. The maximum Gasteiger partial charge on any atom is 0.266 e.